The number of carboxylic acids is 1. The van der Waals surface area contributed by atoms with E-state index in [2.05, 4.69) is 0 Å². The second kappa shape index (κ2) is 13.9. The summed E-state index contributed by atoms with van der Waals surface area (Å²) in [4.78, 5) is 10.5. The summed E-state index contributed by atoms with van der Waals surface area (Å²) in [7, 11) is 2.92. The topological polar surface area (TPSA) is 72.4 Å². The van der Waals surface area contributed by atoms with E-state index in [1.165, 1.54) is 14.1 Å². The molecule has 0 heterocycles. The fourth-order valence-corrected chi connectivity index (χ4v) is 3.69. The number of nitrogens with zero attached hydrogens (tertiary/aromatic N) is 1. The van der Waals surface area contributed by atoms with Crippen molar-refractivity contribution in [3.05, 3.63) is 0 Å². The highest BCUT2D eigenvalue weighted by Gasteiger charge is 2.98. The number of carbonyl (C=O) groups excluding carboxylic acids is 1. The third-order valence-electron chi connectivity index (χ3n) is 6.88. The molecule has 0 aromatic carbocycles. The van der Waals surface area contributed by atoms with Crippen molar-refractivity contribution in [2.45, 2.75) is 90.8 Å². The van der Waals surface area contributed by atoms with E-state index < -0.39 is 96.9 Å². The molecule has 0 aliphatic rings. The molecule has 0 saturated heterocycles. The normalized spacial score (nSPS) is 16.5. The number of rotatable bonds is 20. The van der Waals surface area contributed by atoms with Crippen molar-refractivity contribution < 1.29 is 120 Å². The molecule has 0 fully saturated rings. The van der Waals surface area contributed by atoms with E-state index in [1.54, 1.807) is 0 Å². The molecule has 5 nitrogen and oxygen atoms in total. The first-order chi connectivity index (χ1) is 21.5. The number of alkyl halides is 23. The highest BCUT2D eigenvalue weighted by molar-refractivity contribution is 5.64. The molecule has 0 amide bonds. The number of hydrogen-bond acceptors (Lipinski definition) is 4. The van der Waals surface area contributed by atoms with Crippen LogP contribution in [-0.2, 0) is 4.79 Å². The Morgan fingerprint density at radius 3 is 1.22 bits per heavy atom. The number of aliphatic carboxylic acids is 1. The number of nitrogens with one attached hydrogen (secondary N) is 1. The number of aliphatic hydroxyl groups excluding tert-OH is 1. The fraction of sp³-hybridized carbons (Fsp3) is 0.955. The van der Waals surface area contributed by atoms with Gasteiger partial charge in [-0.05, 0) is 0 Å². The summed E-state index contributed by atoms with van der Waals surface area (Å²) in [5.41, 5.74) is 0. The molecule has 0 bridgehead atoms. The Kier molecular flexibility index (Phi) is 13.3. The SMILES string of the molecule is C[N+](C)(CCCNCC(O)CC(F)(F)C(F)(F)C(F)(F)C(F)(F)C(F)(F)C(F)(F)C(F)(F)C(F)(F)C(F)(F)C(F)(F)C(F)(F)F)CCC(=O)[O-]. The first kappa shape index (κ1) is 47.7. The Bertz CT molecular complexity index is 1170. The smallest absolute Gasteiger partial charge is 0.460 e. The molecule has 0 saturated carbocycles. The molecule has 0 rings (SSSR count). The lowest BCUT2D eigenvalue weighted by Gasteiger charge is -2.45. The lowest BCUT2D eigenvalue weighted by molar-refractivity contribution is -0.890. The zero-order chi connectivity index (χ0) is 40.8. The van der Waals surface area contributed by atoms with Crippen LogP contribution in [0.2, 0.25) is 0 Å². The van der Waals surface area contributed by atoms with E-state index in [-0.39, 0.29) is 30.5 Å². The van der Waals surface area contributed by atoms with Crippen LogP contribution in [0.25, 0.3) is 0 Å². The maximum Gasteiger partial charge on any atom is 0.460 e. The van der Waals surface area contributed by atoms with Gasteiger partial charge in [0.15, 0.2) is 0 Å². The fourth-order valence-electron chi connectivity index (χ4n) is 3.69. The number of carboxylic acid groups (broad SMARTS) is 1. The van der Waals surface area contributed by atoms with Gasteiger partial charge in [0.1, 0.15) is 0 Å². The second-order valence-corrected chi connectivity index (χ2v) is 11.3. The van der Waals surface area contributed by atoms with Gasteiger partial charge in [-0.15, -0.1) is 0 Å². The van der Waals surface area contributed by atoms with E-state index in [9.17, 15) is 116 Å². The van der Waals surface area contributed by atoms with Crippen molar-refractivity contribution in [3.8, 4) is 0 Å². The van der Waals surface area contributed by atoms with Crippen LogP contribution < -0.4 is 10.4 Å². The summed E-state index contributed by atoms with van der Waals surface area (Å²) >= 11 is 0. The Balaban J connectivity index is 6.35. The van der Waals surface area contributed by atoms with Gasteiger partial charge in [0.25, 0.3) is 0 Å². The molecule has 0 aliphatic carbocycles. The molecule has 0 spiro atoms. The van der Waals surface area contributed by atoms with E-state index in [0.717, 1.165) is 0 Å². The molecule has 0 radical (unpaired) electrons. The first-order valence-corrected chi connectivity index (χ1v) is 12.8. The zero-order valence-electron chi connectivity index (χ0n) is 24.4. The summed E-state index contributed by atoms with van der Waals surface area (Å²) in [6.45, 7) is -1.70. The summed E-state index contributed by atoms with van der Waals surface area (Å²) < 4.78 is 310. The van der Waals surface area contributed by atoms with Crippen molar-refractivity contribution >= 4 is 5.97 Å². The van der Waals surface area contributed by atoms with Gasteiger partial charge in [-0.25, -0.2) is 0 Å². The van der Waals surface area contributed by atoms with Gasteiger partial charge in [-0.2, -0.15) is 101 Å². The number of halogens is 23. The summed E-state index contributed by atoms with van der Waals surface area (Å²) in [6, 6.07) is 0. The first-order valence-electron chi connectivity index (χ1n) is 12.8. The molecule has 1 unspecified atom stereocenters. The Labute approximate surface area is 263 Å². The zero-order valence-corrected chi connectivity index (χ0v) is 24.4. The van der Waals surface area contributed by atoms with Gasteiger partial charge < -0.3 is 24.8 Å². The summed E-state index contributed by atoms with van der Waals surface area (Å²) in [6.07, 6.45) is -14.9. The highest BCUT2D eigenvalue weighted by atomic mass is 19.4. The third-order valence-corrected chi connectivity index (χ3v) is 6.88. The Morgan fingerprint density at radius 1 is 0.580 bits per heavy atom. The van der Waals surface area contributed by atoms with Crippen LogP contribution in [0.15, 0.2) is 0 Å². The number of hydrogen-bond donors (Lipinski definition) is 2. The molecule has 0 aliphatic heterocycles. The molecule has 300 valence electrons. The minimum atomic E-state index is -9.46. The maximum absolute atomic E-state index is 14.1. The quantitative estimate of drug-likeness (QED) is 0.0923. The standard InChI is InChI=1S/C22H23F23N2O3/c1-47(2,7-4-11(49)50)6-3-5-46-9-10(48)8-12(23,24)13(25,26)14(27,28)15(29,30)16(31,32)17(33,34)18(35,36)19(37,38)20(39,40)21(41,42)22(43,44)45/h10,46,48H,3-9H2,1-2H3. The Hall–Kier alpha value is -2.26. The number of aliphatic hydroxyl groups is 1. The number of quaternary nitrogens is 1. The van der Waals surface area contributed by atoms with Crippen molar-refractivity contribution in [3.63, 3.8) is 0 Å². The van der Waals surface area contributed by atoms with Crippen molar-refractivity contribution in [1.29, 1.82) is 0 Å². The molecule has 1 atom stereocenters. The van der Waals surface area contributed by atoms with Crippen LogP contribution in [0, 0.1) is 0 Å². The van der Waals surface area contributed by atoms with Crippen LogP contribution in [-0.4, -0.2) is 127 Å². The summed E-state index contributed by atoms with van der Waals surface area (Å²) in [5.74, 6) is -89.9. The molecular formula is C22H23F23N2O3. The van der Waals surface area contributed by atoms with Gasteiger partial charge in [0.2, 0.25) is 0 Å². The molecule has 0 aromatic rings. The third kappa shape index (κ3) is 7.89. The van der Waals surface area contributed by atoms with E-state index in [0.29, 0.717) is 0 Å². The predicted molar refractivity (Wildman–Crippen MR) is 115 cm³/mol. The Morgan fingerprint density at radius 2 is 0.900 bits per heavy atom. The average molecular weight is 800 g/mol. The molecule has 0 aromatic heterocycles. The van der Waals surface area contributed by atoms with Gasteiger partial charge in [0.05, 0.1) is 33.3 Å². The van der Waals surface area contributed by atoms with Crippen LogP contribution in [0.1, 0.15) is 19.3 Å². The van der Waals surface area contributed by atoms with Gasteiger partial charge in [0, 0.05) is 38.3 Å². The predicted octanol–water partition coefficient (Wildman–Crippen LogP) is 5.85. The van der Waals surface area contributed by atoms with Crippen molar-refractivity contribution in [1.82, 2.24) is 5.32 Å². The largest absolute Gasteiger partial charge is 0.550 e. The van der Waals surface area contributed by atoms with Crippen molar-refractivity contribution in [2.75, 3.05) is 40.3 Å². The highest BCUT2D eigenvalue weighted by Crippen LogP contribution is 2.67. The molecule has 50 heavy (non-hydrogen) atoms. The summed E-state index contributed by atoms with van der Waals surface area (Å²) in [5, 5.41) is 22.0. The van der Waals surface area contributed by atoms with Crippen LogP contribution in [0.4, 0.5) is 101 Å². The second-order valence-electron chi connectivity index (χ2n) is 11.3. The van der Waals surface area contributed by atoms with Gasteiger partial charge >= 0.3 is 65.4 Å². The molecule has 28 heteroatoms. The van der Waals surface area contributed by atoms with Crippen LogP contribution in [0.3, 0.4) is 0 Å². The van der Waals surface area contributed by atoms with Crippen LogP contribution in [0.5, 0.6) is 0 Å². The lowest BCUT2D eigenvalue weighted by atomic mass is 9.84. The van der Waals surface area contributed by atoms with Crippen molar-refractivity contribution in [2.24, 2.45) is 0 Å². The molecular weight excluding hydrogens is 777 g/mol. The minimum Gasteiger partial charge on any atom is -0.550 e. The molecule has 2 N–H and O–H groups in total. The van der Waals surface area contributed by atoms with Crippen LogP contribution >= 0.6 is 0 Å². The average Bonchev–Trinajstić information content (AvgIpc) is 2.89. The van der Waals surface area contributed by atoms with Gasteiger partial charge in [-0.3, -0.25) is 0 Å². The maximum atomic E-state index is 14.1. The van der Waals surface area contributed by atoms with Gasteiger partial charge in [-0.1, -0.05) is 0 Å². The minimum absolute atomic E-state index is 0.0311. The lowest BCUT2D eigenvalue weighted by Crippen LogP contribution is -2.77. The number of carbonyl (C=O) groups is 1. The monoisotopic (exact) mass is 800 g/mol. The van der Waals surface area contributed by atoms with E-state index in [1.807, 2.05) is 5.32 Å². The van der Waals surface area contributed by atoms with E-state index in [4.69, 9.17) is 0 Å². The van der Waals surface area contributed by atoms with E-state index >= 15 is 0 Å².